The van der Waals surface area contributed by atoms with Crippen molar-refractivity contribution in [1.29, 1.82) is 0 Å². The highest BCUT2D eigenvalue weighted by atomic mass is 32.2. The van der Waals surface area contributed by atoms with Crippen LogP contribution in [0.4, 0.5) is 5.82 Å². The number of nitrogens with zero attached hydrogens (tertiary/aromatic N) is 2. The molecule has 0 saturated carbocycles. The van der Waals surface area contributed by atoms with Gasteiger partial charge in [0.25, 0.3) is 10.0 Å². The molecule has 0 aliphatic rings. The normalized spacial score (nSPS) is 11.4. The zero-order valence-electron chi connectivity index (χ0n) is 13.5. The van der Waals surface area contributed by atoms with E-state index in [0.717, 1.165) is 5.56 Å². The maximum Gasteiger partial charge on any atom is 0.266 e. The minimum atomic E-state index is -3.77. The monoisotopic (exact) mass is 342 g/mol. The summed E-state index contributed by atoms with van der Waals surface area (Å²) in [6.07, 6.45) is 3.09. The molecule has 0 aliphatic carbocycles. The van der Waals surface area contributed by atoms with Crippen molar-refractivity contribution in [3.63, 3.8) is 0 Å². The number of anilines is 1. The summed E-state index contributed by atoms with van der Waals surface area (Å²) in [6.45, 7) is 3.81. The Balaban J connectivity index is 2.10. The van der Waals surface area contributed by atoms with Crippen LogP contribution in [0.25, 0.3) is 0 Å². The molecule has 0 unspecified atom stereocenters. The molecule has 124 valence electrons. The van der Waals surface area contributed by atoms with E-state index < -0.39 is 10.0 Å². The number of benzene rings is 1. The van der Waals surface area contributed by atoms with E-state index in [1.165, 1.54) is 10.6 Å². The van der Waals surface area contributed by atoms with Crippen LogP contribution in [0.1, 0.15) is 16.9 Å². The molecule has 3 rings (SSSR count). The molecule has 2 aromatic heterocycles. The fraction of sp³-hybridized carbons (Fsp3) is 0.167. The molecule has 6 heteroatoms. The van der Waals surface area contributed by atoms with Gasteiger partial charge in [-0.2, -0.15) is 0 Å². The molecule has 0 fully saturated rings. The summed E-state index contributed by atoms with van der Waals surface area (Å²) in [6, 6.07) is 13.9. The van der Waals surface area contributed by atoms with Crippen LogP contribution < -0.4 is 4.31 Å². The molecule has 1 aromatic carbocycles. The predicted octanol–water partition coefficient (Wildman–Crippen LogP) is 3.69. The van der Waals surface area contributed by atoms with Crippen LogP contribution in [0.3, 0.4) is 0 Å². The lowest BCUT2D eigenvalue weighted by Crippen LogP contribution is -2.31. The van der Waals surface area contributed by atoms with Crippen molar-refractivity contribution in [2.45, 2.75) is 25.3 Å². The van der Waals surface area contributed by atoms with E-state index in [1.54, 1.807) is 55.6 Å². The van der Waals surface area contributed by atoms with E-state index in [0.29, 0.717) is 17.1 Å². The molecule has 0 atom stereocenters. The van der Waals surface area contributed by atoms with Gasteiger partial charge in [-0.1, -0.05) is 23.8 Å². The Morgan fingerprint density at radius 2 is 1.92 bits per heavy atom. The van der Waals surface area contributed by atoms with Crippen LogP contribution in [-0.4, -0.2) is 13.4 Å². The summed E-state index contributed by atoms with van der Waals surface area (Å²) in [4.78, 5) is 4.47. The molecule has 0 radical (unpaired) electrons. The quantitative estimate of drug-likeness (QED) is 0.709. The van der Waals surface area contributed by atoms with E-state index in [-0.39, 0.29) is 11.4 Å². The topological polar surface area (TPSA) is 63.4 Å². The second kappa shape index (κ2) is 6.49. The minimum Gasteiger partial charge on any atom is -0.467 e. The Morgan fingerprint density at radius 1 is 1.08 bits per heavy atom. The number of aryl methyl sites for hydroxylation is 2. The van der Waals surface area contributed by atoms with Crippen LogP contribution in [-0.2, 0) is 16.6 Å². The molecule has 0 amide bonds. The van der Waals surface area contributed by atoms with Gasteiger partial charge in [-0.3, -0.25) is 0 Å². The van der Waals surface area contributed by atoms with Crippen molar-refractivity contribution in [2.75, 3.05) is 4.31 Å². The van der Waals surface area contributed by atoms with Gasteiger partial charge in [0, 0.05) is 6.20 Å². The van der Waals surface area contributed by atoms with Gasteiger partial charge >= 0.3 is 0 Å². The van der Waals surface area contributed by atoms with Crippen molar-refractivity contribution >= 4 is 15.8 Å². The van der Waals surface area contributed by atoms with Crippen LogP contribution in [0.2, 0.25) is 0 Å². The Hall–Kier alpha value is -2.60. The zero-order chi connectivity index (χ0) is 17.2. The van der Waals surface area contributed by atoms with Crippen molar-refractivity contribution in [2.24, 2.45) is 0 Å². The van der Waals surface area contributed by atoms with Gasteiger partial charge in [0.15, 0.2) is 0 Å². The third-order valence-corrected chi connectivity index (χ3v) is 5.59. The Bertz CT molecular complexity index is 920. The fourth-order valence-electron chi connectivity index (χ4n) is 2.54. The molecule has 0 saturated heterocycles. The molecule has 2 heterocycles. The van der Waals surface area contributed by atoms with Gasteiger partial charge in [0.1, 0.15) is 11.6 Å². The third-order valence-electron chi connectivity index (χ3n) is 3.68. The van der Waals surface area contributed by atoms with Crippen molar-refractivity contribution in [1.82, 2.24) is 4.98 Å². The van der Waals surface area contributed by atoms with Gasteiger partial charge in [-0.15, -0.1) is 0 Å². The number of aromatic nitrogens is 1. The minimum absolute atomic E-state index is 0.0830. The summed E-state index contributed by atoms with van der Waals surface area (Å²) >= 11 is 0. The first-order chi connectivity index (χ1) is 11.5. The van der Waals surface area contributed by atoms with Crippen LogP contribution in [0, 0.1) is 13.8 Å². The van der Waals surface area contributed by atoms with Crippen molar-refractivity contribution in [3.05, 3.63) is 77.9 Å². The number of rotatable bonds is 5. The zero-order valence-corrected chi connectivity index (χ0v) is 14.3. The second-order valence-corrected chi connectivity index (χ2v) is 7.38. The maximum absolute atomic E-state index is 13.2. The lowest BCUT2D eigenvalue weighted by Gasteiger charge is -2.23. The van der Waals surface area contributed by atoms with Crippen molar-refractivity contribution in [3.8, 4) is 0 Å². The first kappa shape index (κ1) is 16.3. The summed E-state index contributed by atoms with van der Waals surface area (Å²) in [5, 5.41) is 0. The van der Waals surface area contributed by atoms with Crippen molar-refractivity contribution < 1.29 is 12.8 Å². The van der Waals surface area contributed by atoms with E-state index in [1.807, 2.05) is 13.0 Å². The summed E-state index contributed by atoms with van der Waals surface area (Å²) in [7, 11) is -3.77. The molecule has 0 spiro atoms. The summed E-state index contributed by atoms with van der Waals surface area (Å²) < 4.78 is 33.1. The highest BCUT2D eigenvalue weighted by Crippen LogP contribution is 2.26. The SMILES string of the molecule is Cc1ccc(S(=O)(=O)N(Cc2ccco2)c2ccccn2)c(C)c1. The molecule has 0 bridgehead atoms. The molecule has 0 aliphatic heterocycles. The highest BCUT2D eigenvalue weighted by molar-refractivity contribution is 7.92. The molecule has 24 heavy (non-hydrogen) atoms. The molecule has 3 aromatic rings. The van der Waals surface area contributed by atoms with Crippen LogP contribution in [0.15, 0.2) is 70.3 Å². The fourth-order valence-corrected chi connectivity index (χ4v) is 4.14. The Kier molecular flexibility index (Phi) is 4.40. The van der Waals surface area contributed by atoms with E-state index in [2.05, 4.69) is 4.98 Å². The molecular weight excluding hydrogens is 324 g/mol. The highest BCUT2D eigenvalue weighted by Gasteiger charge is 2.28. The summed E-state index contributed by atoms with van der Waals surface area (Å²) in [5.41, 5.74) is 1.72. The average Bonchev–Trinajstić information content (AvgIpc) is 3.06. The first-order valence-corrected chi connectivity index (χ1v) is 8.96. The molecule has 0 N–H and O–H groups in total. The van der Waals surface area contributed by atoms with Gasteiger partial charge in [0.2, 0.25) is 0 Å². The third kappa shape index (κ3) is 3.19. The number of pyridine rings is 1. The van der Waals surface area contributed by atoms with Gasteiger partial charge in [-0.25, -0.2) is 17.7 Å². The molecule has 5 nitrogen and oxygen atoms in total. The van der Waals surface area contributed by atoms with Crippen LogP contribution >= 0.6 is 0 Å². The lowest BCUT2D eigenvalue weighted by atomic mass is 10.2. The Morgan fingerprint density at radius 3 is 2.54 bits per heavy atom. The van der Waals surface area contributed by atoms with Gasteiger partial charge in [0.05, 0.1) is 17.7 Å². The molecular formula is C18H18N2O3S. The smallest absolute Gasteiger partial charge is 0.266 e. The number of hydrogen-bond acceptors (Lipinski definition) is 4. The Labute approximate surface area is 141 Å². The number of hydrogen-bond donors (Lipinski definition) is 0. The standard InChI is InChI=1S/C18H18N2O3S/c1-14-8-9-17(15(2)12-14)24(21,22)20(13-16-6-5-11-23-16)18-7-3-4-10-19-18/h3-12H,13H2,1-2H3. The second-order valence-electron chi connectivity index (χ2n) is 5.55. The number of sulfonamides is 1. The summed E-state index contributed by atoms with van der Waals surface area (Å²) in [5.74, 6) is 0.905. The van der Waals surface area contributed by atoms with E-state index >= 15 is 0 Å². The van der Waals surface area contributed by atoms with E-state index in [9.17, 15) is 8.42 Å². The average molecular weight is 342 g/mol. The predicted molar refractivity (Wildman–Crippen MR) is 92.2 cm³/mol. The van der Waals surface area contributed by atoms with Gasteiger partial charge in [-0.05, 0) is 49.7 Å². The van der Waals surface area contributed by atoms with E-state index in [4.69, 9.17) is 4.42 Å². The largest absolute Gasteiger partial charge is 0.467 e. The maximum atomic E-state index is 13.2. The van der Waals surface area contributed by atoms with Gasteiger partial charge < -0.3 is 4.42 Å². The number of furan rings is 1. The van der Waals surface area contributed by atoms with Crippen LogP contribution in [0.5, 0.6) is 0 Å². The lowest BCUT2D eigenvalue weighted by molar-refractivity contribution is 0.508. The first-order valence-electron chi connectivity index (χ1n) is 7.52.